The average Bonchev–Trinajstić information content (AvgIpc) is 3.01. The highest BCUT2D eigenvalue weighted by Gasteiger charge is 2.20. The van der Waals surface area contributed by atoms with Crippen LogP contribution in [0.5, 0.6) is 0 Å². The van der Waals surface area contributed by atoms with Crippen molar-refractivity contribution >= 4 is 21.4 Å². The summed E-state index contributed by atoms with van der Waals surface area (Å²) in [5.41, 5.74) is 0.519. The molecule has 1 fully saturated rings. The van der Waals surface area contributed by atoms with Gasteiger partial charge in [0.25, 0.3) is 10.0 Å². The Balaban J connectivity index is 1.85. The molecule has 1 heterocycles. The van der Waals surface area contributed by atoms with E-state index in [4.69, 9.17) is 0 Å². The van der Waals surface area contributed by atoms with Crippen LogP contribution in [-0.2, 0) is 10.0 Å². The van der Waals surface area contributed by atoms with Crippen LogP contribution in [0.3, 0.4) is 0 Å². The summed E-state index contributed by atoms with van der Waals surface area (Å²) in [4.78, 5) is 1.45. The number of nitrogens with zero attached hydrogens (tertiary/aromatic N) is 1. The zero-order valence-corrected chi connectivity index (χ0v) is 13.1. The van der Waals surface area contributed by atoms with Gasteiger partial charge in [-0.2, -0.15) is 0 Å². The van der Waals surface area contributed by atoms with E-state index in [1.54, 1.807) is 6.07 Å². The Labute approximate surface area is 133 Å². The minimum absolute atomic E-state index is 0.0636. The molecule has 1 saturated heterocycles. The maximum atomic E-state index is 14.2. The van der Waals surface area contributed by atoms with Gasteiger partial charge in [-0.15, -0.1) is 0 Å². The number of anilines is 2. The molecule has 0 bridgehead atoms. The predicted molar refractivity (Wildman–Crippen MR) is 85.1 cm³/mol. The van der Waals surface area contributed by atoms with Gasteiger partial charge < -0.3 is 4.90 Å². The third-order valence-corrected chi connectivity index (χ3v) is 5.19. The maximum absolute atomic E-state index is 14.2. The van der Waals surface area contributed by atoms with Crippen molar-refractivity contribution in [3.05, 3.63) is 54.1 Å². The van der Waals surface area contributed by atoms with Crippen molar-refractivity contribution < 1.29 is 17.2 Å². The van der Waals surface area contributed by atoms with E-state index < -0.39 is 26.6 Å². The highest BCUT2D eigenvalue weighted by atomic mass is 32.2. The van der Waals surface area contributed by atoms with Gasteiger partial charge in [0.2, 0.25) is 0 Å². The van der Waals surface area contributed by atoms with Gasteiger partial charge in [-0.05, 0) is 37.1 Å². The van der Waals surface area contributed by atoms with Crippen molar-refractivity contribution in [2.75, 3.05) is 22.7 Å². The summed E-state index contributed by atoms with van der Waals surface area (Å²) in [5, 5.41) is 0. The lowest BCUT2D eigenvalue weighted by Crippen LogP contribution is -2.19. The normalized spacial score (nSPS) is 15.0. The number of nitrogens with one attached hydrogen (secondary N) is 1. The maximum Gasteiger partial charge on any atom is 0.264 e. The van der Waals surface area contributed by atoms with E-state index in [1.807, 2.05) is 4.90 Å². The largest absolute Gasteiger partial charge is 0.369 e. The fraction of sp³-hybridized carbons (Fsp3) is 0.250. The topological polar surface area (TPSA) is 49.4 Å². The van der Waals surface area contributed by atoms with E-state index in [-0.39, 0.29) is 5.69 Å². The lowest BCUT2D eigenvalue weighted by Gasteiger charge is -2.19. The van der Waals surface area contributed by atoms with E-state index in [0.29, 0.717) is 5.69 Å². The smallest absolute Gasteiger partial charge is 0.264 e. The summed E-state index contributed by atoms with van der Waals surface area (Å²) < 4.78 is 54.4. The lowest BCUT2D eigenvalue weighted by atomic mass is 10.2. The van der Waals surface area contributed by atoms with Crippen LogP contribution in [0.2, 0.25) is 0 Å². The fourth-order valence-electron chi connectivity index (χ4n) is 2.66. The average molecular weight is 338 g/mol. The molecule has 4 nitrogen and oxygen atoms in total. The first-order valence-electron chi connectivity index (χ1n) is 7.29. The Hall–Kier alpha value is -2.15. The monoisotopic (exact) mass is 338 g/mol. The predicted octanol–water partition coefficient (Wildman–Crippen LogP) is 3.37. The van der Waals surface area contributed by atoms with Crippen LogP contribution in [0.15, 0.2) is 47.4 Å². The second-order valence-corrected chi connectivity index (χ2v) is 7.05. The summed E-state index contributed by atoms with van der Waals surface area (Å²) in [5.74, 6) is -1.35. The Bertz CT molecular complexity index is 819. The van der Waals surface area contributed by atoms with Crippen LogP contribution in [0.25, 0.3) is 0 Å². The molecule has 0 aliphatic carbocycles. The summed E-state index contributed by atoms with van der Waals surface area (Å²) in [6, 6.07) is 9.19. The van der Waals surface area contributed by atoms with Crippen LogP contribution in [-0.4, -0.2) is 21.5 Å². The van der Waals surface area contributed by atoms with E-state index in [0.717, 1.165) is 44.1 Å². The molecule has 0 aromatic heterocycles. The van der Waals surface area contributed by atoms with Crippen LogP contribution < -0.4 is 9.62 Å². The molecule has 1 N–H and O–H groups in total. The molecule has 0 radical (unpaired) electrons. The van der Waals surface area contributed by atoms with Gasteiger partial charge in [-0.3, -0.25) is 4.72 Å². The van der Waals surface area contributed by atoms with Gasteiger partial charge in [-0.1, -0.05) is 12.1 Å². The molecular weight excluding hydrogens is 322 g/mol. The quantitative estimate of drug-likeness (QED) is 0.930. The molecular formula is C16H16F2N2O2S. The molecule has 23 heavy (non-hydrogen) atoms. The summed E-state index contributed by atoms with van der Waals surface area (Å²) in [6.07, 6.45) is 2.03. The second-order valence-electron chi connectivity index (χ2n) is 5.40. The van der Waals surface area contributed by atoms with E-state index in [1.165, 1.54) is 18.2 Å². The lowest BCUT2D eigenvalue weighted by molar-refractivity contribution is 0.570. The molecule has 0 saturated carbocycles. The van der Waals surface area contributed by atoms with Crippen molar-refractivity contribution in [1.29, 1.82) is 0 Å². The van der Waals surface area contributed by atoms with Gasteiger partial charge in [0.15, 0.2) is 0 Å². The number of rotatable bonds is 4. The Morgan fingerprint density at radius 3 is 2.30 bits per heavy atom. The Kier molecular flexibility index (Phi) is 4.21. The van der Waals surface area contributed by atoms with Gasteiger partial charge in [0, 0.05) is 19.2 Å². The Morgan fingerprint density at radius 1 is 0.957 bits per heavy atom. The standard InChI is InChI=1S/C16H16F2N2O2S/c17-13-5-1-2-6-16(13)23(21,22)19-12-7-8-15(14(18)11-12)20-9-3-4-10-20/h1-2,5-8,11,19H,3-4,9-10H2. The summed E-state index contributed by atoms with van der Waals surface area (Å²) in [6.45, 7) is 1.58. The van der Waals surface area contributed by atoms with Gasteiger partial charge in [0.05, 0.1) is 11.4 Å². The molecule has 1 aliphatic heterocycles. The summed E-state index contributed by atoms with van der Waals surface area (Å²) >= 11 is 0. The first-order valence-corrected chi connectivity index (χ1v) is 8.77. The van der Waals surface area contributed by atoms with E-state index >= 15 is 0 Å². The molecule has 1 aliphatic rings. The van der Waals surface area contributed by atoms with Crippen molar-refractivity contribution in [2.45, 2.75) is 17.7 Å². The third-order valence-electron chi connectivity index (χ3n) is 3.77. The van der Waals surface area contributed by atoms with Crippen LogP contribution in [0.4, 0.5) is 20.2 Å². The Morgan fingerprint density at radius 2 is 1.65 bits per heavy atom. The number of hydrogen-bond donors (Lipinski definition) is 1. The van der Waals surface area contributed by atoms with Crippen LogP contribution in [0, 0.1) is 11.6 Å². The molecule has 3 rings (SSSR count). The van der Waals surface area contributed by atoms with E-state index in [2.05, 4.69) is 4.72 Å². The number of halogens is 2. The molecule has 0 spiro atoms. The van der Waals surface area contributed by atoms with Gasteiger partial charge >= 0.3 is 0 Å². The van der Waals surface area contributed by atoms with Gasteiger partial charge in [0.1, 0.15) is 16.5 Å². The van der Waals surface area contributed by atoms with E-state index in [9.17, 15) is 17.2 Å². The zero-order valence-electron chi connectivity index (χ0n) is 12.3. The first kappa shape index (κ1) is 15.7. The summed E-state index contributed by atoms with van der Waals surface area (Å²) in [7, 11) is -4.10. The highest BCUT2D eigenvalue weighted by Crippen LogP contribution is 2.27. The molecule has 2 aromatic carbocycles. The molecule has 0 atom stereocenters. The number of hydrogen-bond acceptors (Lipinski definition) is 3. The minimum Gasteiger partial charge on any atom is -0.369 e. The fourth-order valence-corrected chi connectivity index (χ4v) is 3.79. The molecule has 0 amide bonds. The molecule has 2 aromatic rings. The zero-order chi connectivity index (χ0) is 16.4. The number of sulfonamides is 1. The van der Waals surface area contributed by atoms with Crippen molar-refractivity contribution in [3.8, 4) is 0 Å². The second kappa shape index (κ2) is 6.16. The van der Waals surface area contributed by atoms with Crippen molar-refractivity contribution in [2.24, 2.45) is 0 Å². The first-order chi connectivity index (χ1) is 11.0. The third kappa shape index (κ3) is 3.29. The van der Waals surface area contributed by atoms with Crippen LogP contribution >= 0.6 is 0 Å². The minimum atomic E-state index is -4.10. The van der Waals surface area contributed by atoms with Crippen LogP contribution in [0.1, 0.15) is 12.8 Å². The number of benzene rings is 2. The molecule has 0 unspecified atom stereocenters. The van der Waals surface area contributed by atoms with Gasteiger partial charge in [-0.25, -0.2) is 17.2 Å². The van der Waals surface area contributed by atoms with Crippen molar-refractivity contribution in [1.82, 2.24) is 0 Å². The molecule has 122 valence electrons. The SMILES string of the molecule is O=S(=O)(Nc1ccc(N2CCCC2)c(F)c1)c1ccccc1F. The molecule has 7 heteroatoms. The van der Waals surface area contributed by atoms with Crippen molar-refractivity contribution in [3.63, 3.8) is 0 Å². The highest BCUT2D eigenvalue weighted by molar-refractivity contribution is 7.92.